The maximum Gasteiger partial charge on any atom is 0.319 e. The van der Waals surface area contributed by atoms with Crippen molar-refractivity contribution in [1.82, 2.24) is 10.6 Å². The fourth-order valence-corrected chi connectivity index (χ4v) is 3.29. The lowest BCUT2D eigenvalue weighted by atomic mass is 9.93. The summed E-state index contributed by atoms with van der Waals surface area (Å²) in [6.45, 7) is 1.69. The Morgan fingerprint density at radius 3 is 2.46 bits per heavy atom. The molecule has 1 aliphatic rings. The molecule has 0 fully saturated rings. The molecule has 8 heteroatoms. The molecule has 0 bridgehead atoms. The van der Waals surface area contributed by atoms with E-state index in [0.29, 0.717) is 34.0 Å². The first-order chi connectivity index (χ1) is 13.4. The first-order valence-corrected chi connectivity index (χ1v) is 9.29. The summed E-state index contributed by atoms with van der Waals surface area (Å²) in [6.07, 6.45) is 0. The number of rotatable bonds is 5. The van der Waals surface area contributed by atoms with Gasteiger partial charge in [-0.25, -0.2) is 4.79 Å². The molecule has 3 amide bonds. The summed E-state index contributed by atoms with van der Waals surface area (Å²) in [5, 5.41) is 8.33. The van der Waals surface area contributed by atoms with Crippen LogP contribution in [0.1, 0.15) is 18.5 Å². The van der Waals surface area contributed by atoms with Gasteiger partial charge in [0.2, 0.25) is 0 Å². The first kappa shape index (κ1) is 19.8. The number of hydrogen-bond acceptors (Lipinski definition) is 4. The van der Waals surface area contributed by atoms with Crippen LogP contribution in [0.3, 0.4) is 0 Å². The second-order valence-corrected chi connectivity index (χ2v) is 7.05. The molecule has 0 aromatic heterocycles. The minimum Gasteiger partial charge on any atom is -0.497 e. The van der Waals surface area contributed by atoms with Gasteiger partial charge in [0.15, 0.2) is 0 Å². The van der Waals surface area contributed by atoms with Gasteiger partial charge < -0.3 is 25.4 Å². The van der Waals surface area contributed by atoms with Crippen molar-refractivity contribution in [2.45, 2.75) is 13.0 Å². The highest BCUT2D eigenvalue weighted by molar-refractivity contribution is 9.10. The van der Waals surface area contributed by atoms with Crippen molar-refractivity contribution in [2.75, 3.05) is 19.5 Å². The van der Waals surface area contributed by atoms with Gasteiger partial charge >= 0.3 is 6.03 Å². The SMILES string of the molecule is COc1ccc(OC)c(C2NC(=O)NC(C)=C2C(=O)Nc2ccc(Br)cc2)c1. The summed E-state index contributed by atoms with van der Waals surface area (Å²) < 4.78 is 11.6. The lowest BCUT2D eigenvalue weighted by Gasteiger charge is -2.29. The lowest BCUT2D eigenvalue weighted by molar-refractivity contribution is -0.113. The molecule has 1 heterocycles. The maximum absolute atomic E-state index is 13.1. The molecule has 2 aromatic rings. The van der Waals surface area contributed by atoms with E-state index in [1.807, 2.05) is 12.1 Å². The molecule has 0 saturated heterocycles. The Kier molecular flexibility index (Phi) is 5.89. The number of hydrogen-bond donors (Lipinski definition) is 3. The largest absolute Gasteiger partial charge is 0.497 e. The van der Waals surface area contributed by atoms with Crippen molar-refractivity contribution in [2.24, 2.45) is 0 Å². The van der Waals surface area contributed by atoms with Gasteiger partial charge in [-0.1, -0.05) is 15.9 Å². The van der Waals surface area contributed by atoms with Crippen molar-refractivity contribution in [3.63, 3.8) is 0 Å². The number of amides is 3. The second kappa shape index (κ2) is 8.35. The van der Waals surface area contributed by atoms with Crippen LogP contribution in [0.4, 0.5) is 10.5 Å². The molecule has 28 heavy (non-hydrogen) atoms. The van der Waals surface area contributed by atoms with Gasteiger partial charge in [-0.3, -0.25) is 4.79 Å². The molecule has 0 saturated carbocycles. The van der Waals surface area contributed by atoms with Gasteiger partial charge in [-0.05, 0) is 49.4 Å². The summed E-state index contributed by atoms with van der Waals surface area (Å²) >= 11 is 3.37. The van der Waals surface area contributed by atoms with E-state index in [4.69, 9.17) is 9.47 Å². The fraction of sp³-hybridized carbons (Fsp3) is 0.200. The van der Waals surface area contributed by atoms with E-state index in [-0.39, 0.29) is 5.91 Å². The van der Waals surface area contributed by atoms with Gasteiger partial charge in [0.1, 0.15) is 11.5 Å². The Bertz CT molecular complexity index is 941. The standard InChI is InChI=1S/C20H20BrN3O4/c1-11-17(19(25)23-13-6-4-12(21)5-7-13)18(24-20(26)22-11)15-10-14(27-2)8-9-16(15)28-3/h4-10,18H,1-3H3,(H,23,25)(H2,22,24,26). The third-order valence-corrected chi connectivity index (χ3v) is 4.89. The van der Waals surface area contributed by atoms with Gasteiger partial charge in [0.25, 0.3) is 5.91 Å². The zero-order valence-electron chi connectivity index (χ0n) is 15.6. The Balaban J connectivity index is 2.01. The quantitative estimate of drug-likeness (QED) is 0.653. The van der Waals surface area contributed by atoms with Gasteiger partial charge in [-0.2, -0.15) is 0 Å². The normalized spacial score (nSPS) is 16.1. The van der Waals surface area contributed by atoms with Crippen molar-refractivity contribution in [1.29, 1.82) is 0 Å². The van der Waals surface area contributed by atoms with E-state index < -0.39 is 12.1 Å². The summed E-state index contributed by atoms with van der Waals surface area (Å²) in [5.41, 5.74) is 2.11. The molecule has 2 aromatic carbocycles. The van der Waals surface area contributed by atoms with E-state index >= 15 is 0 Å². The van der Waals surface area contributed by atoms with Crippen LogP contribution in [0.5, 0.6) is 11.5 Å². The van der Waals surface area contributed by atoms with Crippen LogP contribution < -0.4 is 25.4 Å². The highest BCUT2D eigenvalue weighted by atomic mass is 79.9. The molecule has 0 spiro atoms. The Morgan fingerprint density at radius 2 is 1.82 bits per heavy atom. The fourth-order valence-electron chi connectivity index (χ4n) is 3.02. The van der Waals surface area contributed by atoms with Gasteiger partial charge in [-0.15, -0.1) is 0 Å². The number of ether oxygens (including phenoxy) is 2. The minimum atomic E-state index is -0.700. The number of methoxy groups -OCH3 is 2. The van der Waals surface area contributed by atoms with Crippen LogP contribution in [0.15, 0.2) is 58.2 Å². The smallest absolute Gasteiger partial charge is 0.319 e. The third kappa shape index (κ3) is 4.12. The van der Waals surface area contributed by atoms with E-state index in [0.717, 1.165) is 4.47 Å². The molecule has 146 valence electrons. The third-order valence-electron chi connectivity index (χ3n) is 4.36. The predicted molar refractivity (Wildman–Crippen MR) is 109 cm³/mol. The topological polar surface area (TPSA) is 88.7 Å². The zero-order valence-corrected chi connectivity index (χ0v) is 17.2. The number of carbonyl (C=O) groups excluding carboxylic acids is 2. The maximum atomic E-state index is 13.1. The van der Waals surface area contributed by atoms with Gasteiger partial charge in [0, 0.05) is 21.4 Å². The number of nitrogens with one attached hydrogen (secondary N) is 3. The predicted octanol–water partition coefficient (Wildman–Crippen LogP) is 3.73. The Hall–Kier alpha value is -3.00. The van der Waals surface area contributed by atoms with E-state index in [2.05, 4.69) is 31.9 Å². The van der Waals surface area contributed by atoms with Crippen LogP contribution in [0.2, 0.25) is 0 Å². The zero-order chi connectivity index (χ0) is 20.3. The average molecular weight is 446 g/mol. The molecule has 3 N–H and O–H groups in total. The molecule has 1 unspecified atom stereocenters. The highest BCUT2D eigenvalue weighted by Crippen LogP contribution is 2.35. The number of allylic oxidation sites excluding steroid dienone is 1. The van der Waals surface area contributed by atoms with Crippen molar-refractivity contribution in [3.8, 4) is 11.5 Å². The summed E-state index contributed by atoms with van der Waals surface area (Å²) in [6, 6.07) is 11.4. The van der Waals surface area contributed by atoms with Crippen LogP contribution >= 0.6 is 15.9 Å². The number of carbonyl (C=O) groups is 2. The summed E-state index contributed by atoms with van der Waals surface area (Å²) in [7, 11) is 3.08. The number of halogens is 1. The van der Waals surface area contributed by atoms with Crippen LogP contribution in [-0.2, 0) is 4.79 Å². The number of benzene rings is 2. The molecular weight excluding hydrogens is 426 g/mol. The van der Waals surface area contributed by atoms with E-state index in [1.54, 1.807) is 44.4 Å². The van der Waals surface area contributed by atoms with Crippen LogP contribution in [0, 0.1) is 0 Å². The molecule has 1 atom stereocenters. The summed E-state index contributed by atoms with van der Waals surface area (Å²) in [5.74, 6) is 0.797. The molecule has 0 radical (unpaired) electrons. The molecule has 0 aliphatic carbocycles. The average Bonchev–Trinajstić information content (AvgIpc) is 2.68. The van der Waals surface area contributed by atoms with E-state index in [1.165, 1.54) is 7.11 Å². The highest BCUT2D eigenvalue weighted by Gasteiger charge is 2.33. The van der Waals surface area contributed by atoms with Crippen molar-refractivity contribution >= 4 is 33.6 Å². The van der Waals surface area contributed by atoms with Gasteiger partial charge in [0.05, 0.1) is 25.8 Å². The monoisotopic (exact) mass is 445 g/mol. The Labute approximate surface area is 171 Å². The minimum absolute atomic E-state index is 0.331. The van der Waals surface area contributed by atoms with Crippen LogP contribution in [-0.4, -0.2) is 26.2 Å². The molecule has 3 rings (SSSR count). The molecular formula is C20H20BrN3O4. The summed E-state index contributed by atoms with van der Waals surface area (Å²) in [4.78, 5) is 25.2. The number of urea groups is 1. The van der Waals surface area contributed by atoms with Crippen molar-refractivity contribution in [3.05, 3.63) is 63.8 Å². The number of anilines is 1. The lowest BCUT2D eigenvalue weighted by Crippen LogP contribution is -2.46. The first-order valence-electron chi connectivity index (χ1n) is 8.50. The Morgan fingerprint density at radius 1 is 1.11 bits per heavy atom. The van der Waals surface area contributed by atoms with Crippen LogP contribution in [0.25, 0.3) is 0 Å². The van der Waals surface area contributed by atoms with E-state index in [9.17, 15) is 9.59 Å². The second-order valence-electron chi connectivity index (χ2n) is 6.14. The molecule has 7 nitrogen and oxygen atoms in total. The molecule has 1 aliphatic heterocycles. The van der Waals surface area contributed by atoms with Crippen molar-refractivity contribution < 1.29 is 19.1 Å².